The number of likely N-dealkylation sites (tertiary alicyclic amines) is 1. The number of pyridine rings is 1. The van der Waals surface area contributed by atoms with Crippen LogP contribution in [0.25, 0.3) is 16.5 Å². The lowest BCUT2D eigenvalue weighted by Crippen LogP contribution is -2.57. The number of nitrogens with zero attached hydrogens (tertiary/aromatic N) is 8. The number of carbonyl (C=O) groups excluding carboxylic acids is 3. The van der Waals surface area contributed by atoms with Gasteiger partial charge in [0.05, 0.1) is 30.5 Å². The highest BCUT2D eigenvalue weighted by Gasteiger charge is 2.43. The normalized spacial score (nSPS) is 20.1. The molecule has 4 aromatic heterocycles. The number of fused-ring (bicyclic) bond motifs is 3. The Bertz CT molecular complexity index is 3050. The number of carbonyl (C=O) groups is 3. The van der Waals surface area contributed by atoms with Gasteiger partial charge in [-0.2, -0.15) is 4.98 Å². The Hall–Kier alpha value is -6.96. The summed E-state index contributed by atoms with van der Waals surface area (Å²) in [5.74, 6) is 2.06. The molecule has 2 aromatic carbocycles. The second kappa shape index (κ2) is 20.9. The fraction of sp³-hybridized carbons (Fsp3) is 0.415. The fourth-order valence-corrected chi connectivity index (χ4v) is 10.7. The van der Waals surface area contributed by atoms with Crippen molar-refractivity contribution in [3.8, 4) is 28.1 Å². The van der Waals surface area contributed by atoms with Crippen LogP contribution in [0.3, 0.4) is 0 Å². The van der Waals surface area contributed by atoms with E-state index in [9.17, 15) is 19.5 Å². The van der Waals surface area contributed by atoms with E-state index in [1.165, 1.54) is 11.1 Å². The molecule has 382 valence electrons. The van der Waals surface area contributed by atoms with Crippen LogP contribution in [0, 0.1) is 33.1 Å². The predicted molar refractivity (Wildman–Crippen MR) is 276 cm³/mol. The van der Waals surface area contributed by atoms with E-state index in [2.05, 4.69) is 61.7 Å². The standard InChI is InChI=1S/C53H60ClN11O7S/c1-27-30(4)73-52-46(27)47(34-14-16-36(54)17-15-34)59-41(49-62-61-32(6)65(49)52)23-43(67)58-37-20-40(21-37)71-45-19-18-39(24-55-45)70-26-44(68)60-48(53(7,8)9)51(69)64-25-38(66)22-42(64)29(3)56-28(2)33-10-12-35(13-11-33)50-57-31(5)63-72-50/h10-19,24,28,37-38,40-42,48,56,66H,3,20-23,25-26H2,1-2,4-9H3,(H,58,67)(H,60,68)/t28-,37?,38+,40?,41-,42-,48+/m0/s1. The summed E-state index contributed by atoms with van der Waals surface area (Å²) in [7, 11) is 0. The van der Waals surface area contributed by atoms with Crippen molar-refractivity contribution < 1.29 is 33.5 Å². The van der Waals surface area contributed by atoms with Crippen molar-refractivity contribution in [1.29, 1.82) is 0 Å². The monoisotopic (exact) mass is 1030 g/mol. The van der Waals surface area contributed by atoms with E-state index in [-0.39, 0.29) is 49.6 Å². The minimum Gasteiger partial charge on any atom is -0.482 e. The number of benzene rings is 2. The lowest BCUT2D eigenvalue weighted by Gasteiger charge is -2.36. The van der Waals surface area contributed by atoms with Crippen LogP contribution in [0.5, 0.6) is 11.6 Å². The SMILES string of the molecule is C=C(N[C@@H](C)c1ccc(-c2nc(C)no2)cc1)[C@@H]1C[C@@H](O)CN1C(=O)[C@@H](NC(=O)COc1ccc(OC2CC(NC(=O)C[C@@H]3N=C(c4ccc(Cl)cc4)c4c(sc(C)c4C)-n4c(C)nnc43)C2)nc1)C(C)(C)C. The van der Waals surface area contributed by atoms with Gasteiger partial charge >= 0.3 is 0 Å². The van der Waals surface area contributed by atoms with Gasteiger partial charge in [-0.1, -0.05) is 68.4 Å². The number of β-amino-alcohol motifs (C(OH)–C–C–N with tert-alkyl or cyclic N) is 1. The summed E-state index contributed by atoms with van der Waals surface area (Å²) in [6.45, 7) is 19.5. The molecule has 6 heterocycles. The van der Waals surface area contributed by atoms with E-state index in [1.54, 1.807) is 35.3 Å². The number of thiophene rings is 1. The summed E-state index contributed by atoms with van der Waals surface area (Å²) in [6, 6.07) is 16.3. The maximum Gasteiger partial charge on any atom is 0.258 e. The van der Waals surface area contributed by atoms with Crippen LogP contribution >= 0.6 is 22.9 Å². The van der Waals surface area contributed by atoms with Gasteiger partial charge in [0.25, 0.3) is 11.8 Å². The number of nitrogens with one attached hydrogen (secondary N) is 3. The summed E-state index contributed by atoms with van der Waals surface area (Å²) < 4.78 is 19.2. The highest BCUT2D eigenvalue weighted by molar-refractivity contribution is 7.15. The van der Waals surface area contributed by atoms with Crippen molar-refractivity contribution >= 4 is 46.4 Å². The number of ether oxygens (including phenoxy) is 2. The summed E-state index contributed by atoms with van der Waals surface area (Å²) >= 11 is 7.93. The zero-order chi connectivity index (χ0) is 51.9. The number of aliphatic hydroxyl groups excluding tert-OH is 1. The van der Waals surface area contributed by atoms with Gasteiger partial charge in [-0.25, -0.2) is 4.98 Å². The Morgan fingerprint density at radius 1 is 0.959 bits per heavy atom. The Balaban J connectivity index is 0.749. The van der Waals surface area contributed by atoms with Gasteiger partial charge in [0.1, 0.15) is 34.8 Å². The maximum absolute atomic E-state index is 14.3. The van der Waals surface area contributed by atoms with E-state index < -0.39 is 35.6 Å². The van der Waals surface area contributed by atoms with Gasteiger partial charge in [-0.3, -0.25) is 23.9 Å². The largest absolute Gasteiger partial charge is 0.482 e. The molecule has 1 saturated carbocycles. The first kappa shape index (κ1) is 51.0. The molecule has 2 aliphatic heterocycles. The Morgan fingerprint density at radius 2 is 1.68 bits per heavy atom. The minimum absolute atomic E-state index is 0.0809. The quantitative estimate of drug-likeness (QED) is 0.0743. The van der Waals surface area contributed by atoms with Gasteiger partial charge < -0.3 is 40.0 Å². The number of hydrogen-bond donors (Lipinski definition) is 4. The van der Waals surface area contributed by atoms with Gasteiger partial charge in [0.15, 0.2) is 18.3 Å². The third-order valence-electron chi connectivity index (χ3n) is 13.5. The van der Waals surface area contributed by atoms with Crippen LogP contribution in [0.4, 0.5) is 0 Å². The van der Waals surface area contributed by atoms with Gasteiger partial charge in [0, 0.05) is 76.2 Å². The highest BCUT2D eigenvalue weighted by Crippen LogP contribution is 2.40. The molecule has 0 unspecified atom stereocenters. The number of amides is 3. The van der Waals surface area contributed by atoms with Crippen molar-refractivity contribution in [3.63, 3.8) is 0 Å². The van der Waals surface area contributed by atoms with Crippen LogP contribution in [0.15, 0.2) is 88.7 Å². The summed E-state index contributed by atoms with van der Waals surface area (Å²) in [6.07, 6.45) is 2.10. The lowest BCUT2D eigenvalue weighted by atomic mass is 9.85. The zero-order valence-corrected chi connectivity index (χ0v) is 43.7. The topological polar surface area (TPSA) is 224 Å². The van der Waals surface area contributed by atoms with E-state index in [0.717, 1.165) is 44.4 Å². The Kier molecular flexibility index (Phi) is 14.6. The molecule has 18 nitrogen and oxygen atoms in total. The molecule has 0 spiro atoms. The third kappa shape index (κ3) is 11.2. The Labute approximate surface area is 432 Å². The predicted octanol–water partition coefficient (Wildman–Crippen LogP) is 7.41. The molecule has 0 bridgehead atoms. The smallest absolute Gasteiger partial charge is 0.258 e. The number of rotatable bonds is 16. The number of halogens is 1. The number of aryl methyl sites for hydroxylation is 3. The molecule has 3 aliphatic rings. The average molecular weight is 1030 g/mol. The second-order valence-corrected chi connectivity index (χ2v) is 21.8. The van der Waals surface area contributed by atoms with E-state index in [4.69, 9.17) is 30.6 Å². The molecule has 5 atom stereocenters. The molecule has 73 heavy (non-hydrogen) atoms. The molecule has 1 aliphatic carbocycles. The maximum atomic E-state index is 14.3. The molecule has 0 radical (unpaired) electrons. The zero-order valence-electron chi connectivity index (χ0n) is 42.1. The molecule has 20 heteroatoms. The molecule has 6 aromatic rings. The van der Waals surface area contributed by atoms with Crippen LogP contribution in [0.2, 0.25) is 5.02 Å². The number of aliphatic hydroxyl groups is 1. The molecule has 3 amide bonds. The second-order valence-electron chi connectivity index (χ2n) is 20.1. The van der Waals surface area contributed by atoms with Crippen molar-refractivity contribution in [2.75, 3.05) is 13.2 Å². The molecule has 2 fully saturated rings. The van der Waals surface area contributed by atoms with Crippen LogP contribution in [-0.2, 0) is 14.4 Å². The van der Waals surface area contributed by atoms with Gasteiger partial charge in [0.2, 0.25) is 17.7 Å². The Morgan fingerprint density at radius 3 is 2.36 bits per heavy atom. The first-order chi connectivity index (χ1) is 34.8. The van der Waals surface area contributed by atoms with E-state index >= 15 is 0 Å². The van der Waals surface area contributed by atoms with Gasteiger partial charge in [-0.15, -0.1) is 21.5 Å². The molecule has 1 saturated heterocycles. The number of aliphatic imine (C=N–C) groups is 1. The van der Waals surface area contributed by atoms with Crippen LogP contribution in [-0.4, -0.2) is 107 Å². The van der Waals surface area contributed by atoms with Crippen LogP contribution < -0.4 is 25.4 Å². The van der Waals surface area contributed by atoms with Crippen LogP contribution in [0.1, 0.15) is 110 Å². The summed E-state index contributed by atoms with van der Waals surface area (Å²) in [5, 5.41) is 34.6. The molecule has 9 rings (SSSR count). The average Bonchev–Trinajstić information content (AvgIpc) is 4.11. The van der Waals surface area contributed by atoms with Gasteiger partial charge in [-0.05, 0) is 81.5 Å². The number of aromatic nitrogens is 6. The molecule has 4 N–H and O–H groups in total. The first-order valence-electron chi connectivity index (χ1n) is 24.3. The third-order valence-corrected chi connectivity index (χ3v) is 15.0. The highest BCUT2D eigenvalue weighted by atomic mass is 35.5. The fourth-order valence-electron chi connectivity index (χ4n) is 9.41. The lowest BCUT2D eigenvalue weighted by molar-refractivity contribution is -0.140. The molecular formula is C53H60ClN11O7S. The summed E-state index contributed by atoms with van der Waals surface area (Å²) in [5.41, 5.74) is 5.47. The molecular weight excluding hydrogens is 970 g/mol. The van der Waals surface area contributed by atoms with Crippen molar-refractivity contribution in [3.05, 3.63) is 129 Å². The summed E-state index contributed by atoms with van der Waals surface area (Å²) in [4.78, 5) is 58.0. The van der Waals surface area contributed by atoms with E-state index in [1.807, 2.05) is 87.7 Å². The minimum atomic E-state index is -0.930. The van der Waals surface area contributed by atoms with Crippen molar-refractivity contribution in [2.45, 2.75) is 123 Å². The van der Waals surface area contributed by atoms with E-state index in [0.29, 0.717) is 59.2 Å². The first-order valence-corrected chi connectivity index (χ1v) is 25.5. The number of hydrogen-bond acceptors (Lipinski definition) is 15. The van der Waals surface area contributed by atoms with Crippen molar-refractivity contribution in [1.82, 2.24) is 50.7 Å². The van der Waals surface area contributed by atoms with Crippen molar-refractivity contribution in [2.24, 2.45) is 10.4 Å².